The van der Waals surface area contributed by atoms with Gasteiger partial charge < -0.3 is 23.7 Å². The molecule has 0 fully saturated rings. The molecule has 24 heavy (non-hydrogen) atoms. The van der Waals surface area contributed by atoms with Crippen molar-refractivity contribution < 1.29 is 23.7 Å². The summed E-state index contributed by atoms with van der Waals surface area (Å²) in [6, 6.07) is 9.49. The second kappa shape index (κ2) is 6.16. The molecular formula is C18H16O6. The number of phenols is 1. The Morgan fingerprint density at radius 1 is 0.958 bits per heavy atom. The molecule has 1 heterocycles. The fourth-order valence-electron chi connectivity index (χ4n) is 2.60. The Kier molecular flexibility index (Phi) is 4.04. The van der Waals surface area contributed by atoms with Gasteiger partial charge in [0.1, 0.15) is 22.5 Å². The van der Waals surface area contributed by atoms with Gasteiger partial charge in [-0.2, -0.15) is 0 Å². The van der Waals surface area contributed by atoms with E-state index in [0.717, 1.165) is 0 Å². The molecule has 2 aromatic carbocycles. The fraction of sp³-hybridized carbons (Fsp3) is 0.167. The van der Waals surface area contributed by atoms with Gasteiger partial charge in [-0.3, -0.25) is 4.79 Å². The molecule has 0 atom stereocenters. The third kappa shape index (κ3) is 2.42. The summed E-state index contributed by atoms with van der Waals surface area (Å²) < 4.78 is 21.7. The van der Waals surface area contributed by atoms with Gasteiger partial charge in [0.05, 0.1) is 26.9 Å². The largest absolute Gasteiger partial charge is 0.507 e. The molecule has 0 aliphatic carbocycles. The zero-order valence-electron chi connectivity index (χ0n) is 13.5. The summed E-state index contributed by atoms with van der Waals surface area (Å²) in [4.78, 5) is 12.6. The van der Waals surface area contributed by atoms with Gasteiger partial charge in [0.15, 0.2) is 16.9 Å². The SMILES string of the molecule is COc1cc2oc(-c3ccccc3O)cc(=O)c2c(OC)c1OC. The van der Waals surface area contributed by atoms with Gasteiger partial charge in [-0.25, -0.2) is 0 Å². The van der Waals surface area contributed by atoms with Crippen LogP contribution in [0.1, 0.15) is 0 Å². The standard InChI is InChI=1S/C18H16O6/c1-21-15-9-14-16(18(23-3)17(15)22-2)12(20)8-13(24-14)10-6-4-5-7-11(10)19/h4-9,19H,1-3H3. The van der Waals surface area contributed by atoms with Crippen molar-refractivity contribution in [1.82, 2.24) is 0 Å². The van der Waals surface area contributed by atoms with E-state index in [1.54, 1.807) is 24.3 Å². The summed E-state index contributed by atoms with van der Waals surface area (Å²) in [5, 5.41) is 10.2. The van der Waals surface area contributed by atoms with Crippen LogP contribution in [0, 0.1) is 0 Å². The normalized spacial score (nSPS) is 10.6. The second-order valence-electron chi connectivity index (χ2n) is 5.01. The quantitative estimate of drug-likeness (QED) is 0.792. The van der Waals surface area contributed by atoms with Crippen molar-refractivity contribution in [3.63, 3.8) is 0 Å². The fourth-order valence-corrected chi connectivity index (χ4v) is 2.60. The number of ether oxygens (including phenoxy) is 3. The van der Waals surface area contributed by atoms with Crippen molar-refractivity contribution in [1.29, 1.82) is 0 Å². The van der Waals surface area contributed by atoms with Gasteiger partial charge in [0.25, 0.3) is 0 Å². The minimum atomic E-state index is -0.313. The molecule has 3 rings (SSSR count). The maximum atomic E-state index is 12.6. The first kappa shape index (κ1) is 15.7. The average molecular weight is 328 g/mol. The molecule has 0 aliphatic heterocycles. The molecule has 0 amide bonds. The van der Waals surface area contributed by atoms with E-state index < -0.39 is 0 Å². The van der Waals surface area contributed by atoms with Crippen LogP contribution in [0.25, 0.3) is 22.3 Å². The van der Waals surface area contributed by atoms with Crippen LogP contribution in [0.15, 0.2) is 45.6 Å². The van der Waals surface area contributed by atoms with Gasteiger partial charge in [-0.15, -0.1) is 0 Å². The van der Waals surface area contributed by atoms with Gasteiger partial charge >= 0.3 is 0 Å². The van der Waals surface area contributed by atoms with E-state index in [0.29, 0.717) is 17.1 Å². The van der Waals surface area contributed by atoms with Crippen molar-refractivity contribution in [3.05, 3.63) is 46.6 Å². The Labute approximate surface area is 137 Å². The van der Waals surface area contributed by atoms with E-state index in [1.165, 1.54) is 33.5 Å². The van der Waals surface area contributed by atoms with E-state index in [9.17, 15) is 9.90 Å². The van der Waals surface area contributed by atoms with Crippen LogP contribution < -0.4 is 19.6 Å². The van der Waals surface area contributed by atoms with Gasteiger partial charge in [-0.05, 0) is 12.1 Å². The monoisotopic (exact) mass is 328 g/mol. The van der Waals surface area contributed by atoms with Gasteiger partial charge in [0.2, 0.25) is 5.75 Å². The van der Waals surface area contributed by atoms with Gasteiger partial charge in [-0.1, -0.05) is 12.1 Å². The van der Waals surface area contributed by atoms with Crippen LogP contribution in [0.3, 0.4) is 0 Å². The lowest BCUT2D eigenvalue weighted by Crippen LogP contribution is -2.05. The number of methoxy groups -OCH3 is 3. The molecule has 6 nitrogen and oxygen atoms in total. The first-order valence-corrected chi connectivity index (χ1v) is 7.16. The van der Waals surface area contributed by atoms with Gasteiger partial charge in [0, 0.05) is 12.1 Å². The third-order valence-corrected chi connectivity index (χ3v) is 3.69. The number of benzene rings is 2. The molecule has 0 aliphatic rings. The number of hydrogen-bond donors (Lipinski definition) is 1. The highest BCUT2D eigenvalue weighted by molar-refractivity contribution is 5.90. The molecule has 124 valence electrons. The van der Waals surface area contributed by atoms with Crippen LogP contribution in [0.2, 0.25) is 0 Å². The maximum Gasteiger partial charge on any atom is 0.204 e. The maximum absolute atomic E-state index is 12.6. The average Bonchev–Trinajstić information content (AvgIpc) is 2.60. The van der Waals surface area contributed by atoms with E-state index in [-0.39, 0.29) is 33.7 Å². The van der Waals surface area contributed by atoms with Crippen LogP contribution in [0.5, 0.6) is 23.0 Å². The topological polar surface area (TPSA) is 78.1 Å². The first-order chi connectivity index (χ1) is 11.6. The zero-order valence-corrected chi connectivity index (χ0v) is 13.5. The predicted molar refractivity (Wildman–Crippen MR) is 89.2 cm³/mol. The van der Waals surface area contributed by atoms with Crippen molar-refractivity contribution in [2.45, 2.75) is 0 Å². The molecule has 0 saturated heterocycles. The Morgan fingerprint density at radius 2 is 1.67 bits per heavy atom. The number of para-hydroxylation sites is 1. The van der Waals surface area contributed by atoms with E-state index in [1.807, 2.05) is 0 Å². The second-order valence-corrected chi connectivity index (χ2v) is 5.01. The van der Waals surface area contributed by atoms with Crippen molar-refractivity contribution in [2.75, 3.05) is 21.3 Å². The number of hydrogen-bond acceptors (Lipinski definition) is 6. The molecule has 3 aromatic rings. The summed E-state index contributed by atoms with van der Waals surface area (Å²) in [6.07, 6.45) is 0. The van der Waals surface area contributed by atoms with E-state index in [4.69, 9.17) is 18.6 Å². The molecule has 1 N–H and O–H groups in total. The van der Waals surface area contributed by atoms with Crippen LogP contribution in [-0.4, -0.2) is 26.4 Å². The lowest BCUT2D eigenvalue weighted by atomic mass is 10.1. The molecule has 6 heteroatoms. The summed E-state index contributed by atoms with van der Waals surface area (Å²) in [7, 11) is 4.38. The smallest absolute Gasteiger partial charge is 0.204 e. The number of rotatable bonds is 4. The third-order valence-electron chi connectivity index (χ3n) is 3.69. The van der Waals surface area contributed by atoms with Crippen LogP contribution in [-0.2, 0) is 0 Å². The highest BCUT2D eigenvalue weighted by atomic mass is 16.5. The highest BCUT2D eigenvalue weighted by Gasteiger charge is 2.21. The summed E-state index contributed by atoms with van der Waals surface area (Å²) in [6.45, 7) is 0. The van der Waals surface area contributed by atoms with Crippen molar-refractivity contribution >= 4 is 11.0 Å². The van der Waals surface area contributed by atoms with Crippen LogP contribution >= 0.6 is 0 Å². The zero-order chi connectivity index (χ0) is 17.3. The summed E-state index contributed by atoms with van der Waals surface area (Å²) in [5.41, 5.74) is 0.382. The Balaban J connectivity index is 2.37. The minimum Gasteiger partial charge on any atom is -0.507 e. The molecule has 0 bridgehead atoms. The first-order valence-electron chi connectivity index (χ1n) is 7.16. The molecule has 0 spiro atoms. The number of aromatic hydroxyl groups is 1. The lowest BCUT2D eigenvalue weighted by molar-refractivity contribution is 0.326. The Hall–Kier alpha value is -3.15. The summed E-state index contributed by atoms with van der Waals surface area (Å²) >= 11 is 0. The number of fused-ring (bicyclic) bond motifs is 1. The molecule has 0 saturated carbocycles. The van der Waals surface area contributed by atoms with E-state index in [2.05, 4.69) is 0 Å². The summed E-state index contributed by atoms with van der Waals surface area (Å²) in [5.74, 6) is 1.20. The Bertz CT molecular complexity index is 958. The Morgan fingerprint density at radius 3 is 2.29 bits per heavy atom. The molecule has 0 unspecified atom stereocenters. The predicted octanol–water partition coefficient (Wildman–Crippen LogP) is 3.19. The van der Waals surface area contributed by atoms with Crippen molar-refractivity contribution in [3.8, 4) is 34.3 Å². The minimum absolute atomic E-state index is 0.0208. The number of phenolic OH excluding ortho intramolecular Hbond substituents is 1. The lowest BCUT2D eigenvalue weighted by Gasteiger charge is -2.14. The molecule has 1 aromatic heterocycles. The molecular weight excluding hydrogens is 312 g/mol. The highest BCUT2D eigenvalue weighted by Crippen LogP contribution is 2.43. The van der Waals surface area contributed by atoms with Crippen LogP contribution in [0.4, 0.5) is 0 Å². The van der Waals surface area contributed by atoms with Crippen molar-refractivity contribution in [2.24, 2.45) is 0 Å². The molecule has 0 radical (unpaired) electrons. The van der Waals surface area contributed by atoms with E-state index >= 15 is 0 Å².